The molecule has 1 aliphatic heterocycles. The molecule has 0 aromatic carbocycles. The van der Waals surface area contributed by atoms with Gasteiger partial charge in [0, 0.05) is 17.8 Å². The minimum Gasteiger partial charge on any atom is -0.269 e. The number of allylic oxidation sites excluding steroid dienone is 5. The van der Waals surface area contributed by atoms with Crippen molar-refractivity contribution in [2.75, 3.05) is 0 Å². The fourth-order valence-corrected chi connectivity index (χ4v) is 1.10. The van der Waals surface area contributed by atoms with Gasteiger partial charge in [-0.15, -0.1) is 0 Å². The molecule has 0 fully saturated rings. The van der Waals surface area contributed by atoms with Crippen LogP contribution in [-0.2, 0) is 9.59 Å². The number of imide groups is 1. The number of rotatable bonds is 3. The monoisotopic (exact) mass is 249 g/mol. The van der Waals surface area contributed by atoms with Gasteiger partial charge in [-0.05, 0) is 13.0 Å². The predicted molar refractivity (Wildman–Crippen MR) is 76.8 cm³/mol. The molecule has 1 aliphatic rings. The van der Waals surface area contributed by atoms with Crippen LogP contribution in [0.2, 0.25) is 0 Å². The molecule has 0 atom stereocenters. The first-order valence-electron chi connectivity index (χ1n) is 6.19. The van der Waals surface area contributed by atoms with Gasteiger partial charge in [-0.2, -0.15) is 0 Å². The second-order valence-electron chi connectivity index (χ2n) is 2.77. The van der Waals surface area contributed by atoms with Crippen LogP contribution in [0.3, 0.4) is 0 Å². The Bertz CT molecular complexity index is 345. The Labute approximate surface area is 110 Å². The molecule has 0 aromatic rings. The standard InChI is InChI=1S/C11H11NO2.2C2H6/c1-3-4-5-6-9(2)12-10(13)7-8-11(12)14;2*1-2/h3-8H,1H2,2H3;2*1-2H3/b5-4-,9-6+;;. The van der Waals surface area contributed by atoms with Crippen LogP contribution in [0.15, 0.2) is 48.7 Å². The zero-order valence-corrected chi connectivity index (χ0v) is 11.9. The SMILES string of the molecule is C=C/C=C\C=C(/C)N1C(=O)C=CC1=O.CC.CC. The molecule has 1 rings (SSSR count). The highest BCUT2D eigenvalue weighted by Crippen LogP contribution is 2.11. The van der Waals surface area contributed by atoms with E-state index in [1.54, 1.807) is 31.2 Å². The Morgan fingerprint density at radius 2 is 1.50 bits per heavy atom. The van der Waals surface area contributed by atoms with Crippen molar-refractivity contribution in [3.05, 3.63) is 48.7 Å². The van der Waals surface area contributed by atoms with E-state index in [1.165, 1.54) is 12.2 Å². The lowest BCUT2D eigenvalue weighted by atomic mass is 10.3. The van der Waals surface area contributed by atoms with E-state index >= 15 is 0 Å². The Kier molecular flexibility index (Phi) is 11.9. The van der Waals surface area contributed by atoms with Crippen LogP contribution in [0.25, 0.3) is 0 Å². The zero-order valence-electron chi connectivity index (χ0n) is 11.9. The van der Waals surface area contributed by atoms with Gasteiger partial charge in [-0.1, -0.05) is 52.5 Å². The normalized spacial score (nSPS) is 14.1. The Hall–Kier alpha value is -1.90. The predicted octanol–water partition coefficient (Wildman–Crippen LogP) is 3.61. The molecule has 0 bridgehead atoms. The average Bonchev–Trinajstić information content (AvgIpc) is 2.74. The van der Waals surface area contributed by atoms with Crippen molar-refractivity contribution < 1.29 is 9.59 Å². The van der Waals surface area contributed by atoms with Crippen LogP contribution in [0.4, 0.5) is 0 Å². The highest BCUT2D eigenvalue weighted by atomic mass is 16.2. The van der Waals surface area contributed by atoms with E-state index in [-0.39, 0.29) is 11.8 Å². The highest BCUT2D eigenvalue weighted by molar-refractivity contribution is 6.14. The molecule has 18 heavy (non-hydrogen) atoms. The molecule has 0 aromatic heterocycles. The van der Waals surface area contributed by atoms with Gasteiger partial charge in [0.1, 0.15) is 0 Å². The fraction of sp³-hybridized carbons (Fsp3) is 0.333. The van der Waals surface area contributed by atoms with Crippen molar-refractivity contribution in [2.45, 2.75) is 34.6 Å². The number of hydrogen-bond acceptors (Lipinski definition) is 2. The summed E-state index contributed by atoms with van der Waals surface area (Å²) in [5.41, 5.74) is 0.600. The maximum Gasteiger partial charge on any atom is 0.257 e. The summed E-state index contributed by atoms with van der Waals surface area (Å²) in [5.74, 6) is -0.591. The number of amides is 2. The third-order valence-electron chi connectivity index (χ3n) is 1.75. The number of nitrogens with zero attached hydrogens (tertiary/aromatic N) is 1. The van der Waals surface area contributed by atoms with Gasteiger partial charge in [0.05, 0.1) is 0 Å². The summed E-state index contributed by atoms with van der Waals surface area (Å²) in [5, 5.41) is 0. The van der Waals surface area contributed by atoms with Gasteiger partial charge in [0.2, 0.25) is 0 Å². The van der Waals surface area contributed by atoms with Gasteiger partial charge in [-0.25, -0.2) is 4.90 Å². The Morgan fingerprint density at radius 1 is 1.06 bits per heavy atom. The van der Waals surface area contributed by atoms with Crippen LogP contribution in [0.5, 0.6) is 0 Å². The lowest BCUT2D eigenvalue weighted by Crippen LogP contribution is -2.27. The summed E-state index contributed by atoms with van der Waals surface area (Å²) < 4.78 is 0. The molecule has 0 N–H and O–H groups in total. The Morgan fingerprint density at radius 3 is 1.89 bits per heavy atom. The molecule has 2 amide bonds. The molecule has 3 heteroatoms. The molecule has 0 saturated heterocycles. The van der Waals surface area contributed by atoms with Crippen molar-refractivity contribution in [1.82, 2.24) is 4.90 Å². The fourth-order valence-electron chi connectivity index (χ4n) is 1.10. The molecule has 3 nitrogen and oxygen atoms in total. The maximum atomic E-state index is 11.2. The maximum absolute atomic E-state index is 11.2. The summed E-state index contributed by atoms with van der Waals surface area (Å²) >= 11 is 0. The number of carbonyl (C=O) groups is 2. The molecule has 0 radical (unpaired) electrons. The molecular weight excluding hydrogens is 226 g/mol. The van der Waals surface area contributed by atoms with Gasteiger partial charge in [0.15, 0.2) is 0 Å². The third kappa shape index (κ3) is 5.99. The summed E-state index contributed by atoms with van der Waals surface area (Å²) in [6.07, 6.45) is 9.27. The lowest BCUT2D eigenvalue weighted by molar-refractivity contribution is -0.134. The van der Waals surface area contributed by atoms with Crippen LogP contribution in [-0.4, -0.2) is 16.7 Å². The molecule has 100 valence electrons. The van der Waals surface area contributed by atoms with Gasteiger partial charge in [0.25, 0.3) is 11.8 Å². The third-order valence-corrected chi connectivity index (χ3v) is 1.75. The zero-order chi connectivity index (χ0) is 14.6. The van der Waals surface area contributed by atoms with Crippen molar-refractivity contribution in [3.63, 3.8) is 0 Å². The summed E-state index contributed by atoms with van der Waals surface area (Å²) in [6, 6.07) is 0. The van der Waals surface area contributed by atoms with Crippen molar-refractivity contribution in [3.8, 4) is 0 Å². The molecule has 1 heterocycles. The van der Waals surface area contributed by atoms with E-state index in [2.05, 4.69) is 6.58 Å². The minimum absolute atomic E-state index is 0.296. The first kappa shape index (κ1) is 18.5. The molecule has 0 spiro atoms. The first-order chi connectivity index (χ1) is 8.66. The quantitative estimate of drug-likeness (QED) is 0.566. The van der Waals surface area contributed by atoms with Gasteiger partial charge < -0.3 is 0 Å². The molecule has 0 saturated carbocycles. The van der Waals surface area contributed by atoms with E-state index in [1.807, 2.05) is 27.7 Å². The largest absolute Gasteiger partial charge is 0.269 e. The van der Waals surface area contributed by atoms with Crippen LogP contribution >= 0.6 is 0 Å². The number of hydrogen-bond donors (Lipinski definition) is 0. The second kappa shape index (κ2) is 11.6. The summed E-state index contributed by atoms with van der Waals surface area (Å²) in [7, 11) is 0. The van der Waals surface area contributed by atoms with Crippen molar-refractivity contribution >= 4 is 11.8 Å². The van der Waals surface area contributed by atoms with E-state index < -0.39 is 0 Å². The van der Waals surface area contributed by atoms with Crippen LogP contribution in [0, 0.1) is 0 Å². The lowest BCUT2D eigenvalue weighted by Gasteiger charge is -2.12. The average molecular weight is 249 g/mol. The van der Waals surface area contributed by atoms with Crippen LogP contribution in [0.1, 0.15) is 34.6 Å². The van der Waals surface area contributed by atoms with Gasteiger partial charge in [-0.3, -0.25) is 9.59 Å². The number of carbonyl (C=O) groups excluding carboxylic acids is 2. The smallest absolute Gasteiger partial charge is 0.257 e. The Balaban J connectivity index is 0. The molecule has 0 unspecified atom stereocenters. The van der Waals surface area contributed by atoms with Crippen molar-refractivity contribution in [1.29, 1.82) is 0 Å². The van der Waals surface area contributed by atoms with E-state index in [0.717, 1.165) is 4.90 Å². The van der Waals surface area contributed by atoms with Gasteiger partial charge >= 0.3 is 0 Å². The summed E-state index contributed by atoms with van der Waals surface area (Å²) in [4.78, 5) is 23.5. The minimum atomic E-state index is -0.296. The molecule has 0 aliphatic carbocycles. The van der Waals surface area contributed by atoms with E-state index in [9.17, 15) is 9.59 Å². The van der Waals surface area contributed by atoms with E-state index in [0.29, 0.717) is 5.70 Å². The summed E-state index contributed by atoms with van der Waals surface area (Å²) in [6.45, 7) is 13.2. The van der Waals surface area contributed by atoms with Crippen molar-refractivity contribution in [2.24, 2.45) is 0 Å². The first-order valence-corrected chi connectivity index (χ1v) is 6.19. The highest BCUT2D eigenvalue weighted by Gasteiger charge is 2.23. The second-order valence-corrected chi connectivity index (χ2v) is 2.77. The van der Waals surface area contributed by atoms with Crippen LogP contribution < -0.4 is 0 Å². The topological polar surface area (TPSA) is 37.4 Å². The van der Waals surface area contributed by atoms with E-state index in [4.69, 9.17) is 0 Å². The molecular formula is C15H23NO2.